The highest BCUT2D eigenvalue weighted by atomic mass is 16.5. The Hall–Kier alpha value is -2.75. The standard InChI is InChI=1S/C21H24N2O2/c1-3-11-22-21(24)13-18-15-25-20-12-16(2)9-10-19(20)23(18)14-17-7-5-4-6-8-17/h3-10,12,18H,1,11,13-15H2,2H3,(H,22,24). The molecule has 1 unspecified atom stereocenters. The van der Waals surface area contributed by atoms with Crippen LogP contribution in [-0.4, -0.2) is 25.1 Å². The molecule has 1 atom stereocenters. The fourth-order valence-electron chi connectivity index (χ4n) is 3.08. The number of benzene rings is 2. The molecule has 1 heterocycles. The molecule has 1 aliphatic heterocycles. The average Bonchev–Trinajstić information content (AvgIpc) is 2.62. The molecular formula is C21H24N2O2. The molecule has 130 valence electrons. The molecule has 0 bridgehead atoms. The SMILES string of the molecule is C=CCNC(=O)CC1COc2cc(C)ccc2N1Cc1ccccc1. The second-order valence-electron chi connectivity index (χ2n) is 6.35. The van der Waals surface area contributed by atoms with Gasteiger partial charge in [-0.15, -0.1) is 6.58 Å². The number of nitrogens with one attached hydrogen (secondary N) is 1. The molecule has 0 spiro atoms. The van der Waals surface area contributed by atoms with Crippen LogP contribution in [0.2, 0.25) is 0 Å². The van der Waals surface area contributed by atoms with Crippen LogP contribution in [0.4, 0.5) is 5.69 Å². The number of hydrogen-bond donors (Lipinski definition) is 1. The Kier molecular flexibility index (Phi) is 5.39. The van der Waals surface area contributed by atoms with E-state index in [1.807, 2.05) is 18.2 Å². The Labute approximate surface area is 149 Å². The van der Waals surface area contributed by atoms with E-state index in [0.717, 1.165) is 18.0 Å². The van der Waals surface area contributed by atoms with E-state index in [1.54, 1.807) is 6.08 Å². The maximum Gasteiger partial charge on any atom is 0.222 e. The lowest BCUT2D eigenvalue weighted by Gasteiger charge is -2.38. The number of amides is 1. The molecule has 0 fully saturated rings. The second kappa shape index (κ2) is 7.88. The number of nitrogens with zero attached hydrogens (tertiary/aromatic N) is 1. The number of carbonyl (C=O) groups excluding carboxylic acids is 1. The van der Waals surface area contributed by atoms with Crippen LogP contribution in [0.5, 0.6) is 5.75 Å². The zero-order chi connectivity index (χ0) is 17.6. The Morgan fingerprint density at radius 2 is 2.12 bits per heavy atom. The molecule has 4 nitrogen and oxygen atoms in total. The Morgan fingerprint density at radius 3 is 2.88 bits per heavy atom. The minimum atomic E-state index is 0.000211. The topological polar surface area (TPSA) is 41.6 Å². The summed E-state index contributed by atoms with van der Waals surface area (Å²) >= 11 is 0. The third kappa shape index (κ3) is 4.21. The first-order chi connectivity index (χ1) is 12.2. The van der Waals surface area contributed by atoms with Crippen molar-refractivity contribution in [2.75, 3.05) is 18.1 Å². The van der Waals surface area contributed by atoms with Gasteiger partial charge in [-0.3, -0.25) is 4.79 Å². The fourth-order valence-corrected chi connectivity index (χ4v) is 3.08. The van der Waals surface area contributed by atoms with Gasteiger partial charge in [-0.2, -0.15) is 0 Å². The number of anilines is 1. The number of fused-ring (bicyclic) bond motifs is 1. The highest BCUT2D eigenvalue weighted by Crippen LogP contribution is 2.36. The van der Waals surface area contributed by atoms with Crippen molar-refractivity contribution < 1.29 is 9.53 Å². The lowest BCUT2D eigenvalue weighted by atomic mass is 10.1. The van der Waals surface area contributed by atoms with Gasteiger partial charge < -0.3 is 15.0 Å². The van der Waals surface area contributed by atoms with E-state index in [1.165, 1.54) is 11.1 Å². The average molecular weight is 336 g/mol. The first-order valence-electron chi connectivity index (χ1n) is 8.59. The monoisotopic (exact) mass is 336 g/mol. The van der Waals surface area contributed by atoms with Gasteiger partial charge in [0.1, 0.15) is 12.4 Å². The summed E-state index contributed by atoms with van der Waals surface area (Å²) in [4.78, 5) is 14.5. The van der Waals surface area contributed by atoms with Crippen LogP contribution in [0.1, 0.15) is 17.5 Å². The van der Waals surface area contributed by atoms with E-state index in [-0.39, 0.29) is 11.9 Å². The number of rotatable bonds is 6. The highest BCUT2D eigenvalue weighted by Gasteiger charge is 2.29. The maximum absolute atomic E-state index is 12.2. The van der Waals surface area contributed by atoms with E-state index in [2.05, 4.69) is 54.1 Å². The van der Waals surface area contributed by atoms with Crippen molar-refractivity contribution in [1.29, 1.82) is 0 Å². The van der Waals surface area contributed by atoms with Gasteiger partial charge in [0, 0.05) is 13.1 Å². The summed E-state index contributed by atoms with van der Waals surface area (Å²) in [6.45, 7) is 7.44. The second-order valence-corrected chi connectivity index (χ2v) is 6.35. The van der Waals surface area contributed by atoms with E-state index in [4.69, 9.17) is 4.74 Å². The summed E-state index contributed by atoms with van der Waals surface area (Å²) in [6, 6.07) is 16.5. The summed E-state index contributed by atoms with van der Waals surface area (Å²) in [6.07, 6.45) is 2.09. The minimum absolute atomic E-state index is 0.000211. The van der Waals surface area contributed by atoms with Gasteiger partial charge in [-0.25, -0.2) is 0 Å². The Balaban J connectivity index is 1.85. The van der Waals surface area contributed by atoms with Crippen LogP contribution in [0.25, 0.3) is 0 Å². The molecule has 0 radical (unpaired) electrons. The molecule has 0 aromatic heterocycles. The minimum Gasteiger partial charge on any atom is -0.489 e. The summed E-state index contributed by atoms with van der Waals surface area (Å²) in [7, 11) is 0. The van der Waals surface area contributed by atoms with Crippen molar-refractivity contribution in [1.82, 2.24) is 5.32 Å². The van der Waals surface area contributed by atoms with Crippen molar-refractivity contribution in [2.45, 2.75) is 25.9 Å². The van der Waals surface area contributed by atoms with Crippen LogP contribution >= 0.6 is 0 Å². The van der Waals surface area contributed by atoms with Crippen molar-refractivity contribution >= 4 is 11.6 Å². The Morgan fingerprint density at radius 1 is 1.32 bits per heavy atom. The van der Waals surface area contributed by atoms with Gasteiger partial charge >= 0.3 is 0 Å². The molecule has 3 rings (SSSR count). The van der Waals surface area contributed by atoms with Crippen LogP contribution in [0.15, 0.2) is 61.2 Å². The van der Waals surface area contributed by atoms with E-state index in [0.29, 0.717) is 19.6 Å². The highest BCUT2D eigenvalue weighted by molar-refractivity contribution is 5.78. The zero-order valence-corrected chi connectivity index (χ0v) is 14.6. The molecule has 0 aliphatic carbocycles. The van der Waals surface area contributed by atoms with E-state index < -0.39 is 0 Å². The number of carbonyl (C=O) groups is 1. The van der Waals surface area contributed by atoms with Gasteiger partial charge in [0.25, 0.3) is 0 Å². The Bertz CT molecular complexity index is 743. The van der Waals surface area contributed by atoms with Crippen molar-refractivity contribution in [3.63, 3.8) is 0 Å². The molecule has 4 heteroatoms. The van der Waals surface area contributed by atoms with Crippen molar-refractivity contribution in [3.8, 4) is 5.75 Å². The molecule has 2 aromatic carbocycles. The smallest absolute Gasteiger partial charge is 0.222 e. The summed E-state index contributed by atoms with van der Waals surface area (Å²) in [5.74, 6) is 0.904. The summed E-state index contributed by atoms with van der Waals surface area (Å²) in [5.41, 5.74) is 3.43. The van der Waals surface area contributed by atoms with E-state index in [9.17, 15) is 4.79 Å². The molecular weight excluding hydrogens is 312 g/mol. The quantitative estimate of drug-likeness (QED) is 0.822. The lowest BCUT2D eigenvalue weighted by Crippen LogP contribution is -2.45. The molecule has 25 heavy (non-hydrogen) atoms. The zero-order valence-electron chi connectivity index (χ0n) is 14.6. The van der Waals surface area contributed by atoms with Gasteiger partial charge in [-0.1, -0.05) is 42.5 Å². The predicted octanol–water partition coefficient (Wildman–Crippen LogP) is 3.45. The van der Waals surface area contributed by atoms with Gasteiger partial charge in [-0.05, 0) is 30.2 Å². The normalized spacial score (nSPS) is 15.9. The molecule has 0 saturated heterocycles. The fraction of sp³-hybridized carbons (Fsp3) is 0.286. The summed E-state index contributed by atoms with van der Waals surface area (Å²) < 4.78 is 5.95. The molecule has 2 aromatic rings. The van der Waals surface area contributed by atoms with Crippen molar-refractivity contribution in [3.05, 3.63) is 72.3 Å². The number of ether oxygens (including phenoxy) is 1. The first kappa shape index (κ1) is 17.1. The van der Waals surface area contributed by atoms with Gasteiger partial charge in [0.2, 0.25) is 5.91 Å². The third-order valence-electron chi connectivity index (χ3n) is 4.36. The molecule has 1 aliphatic rings. The predicted molar refractivity (Wildman–Crippen MR) is 101 cm³/mol. The summed E-state index contributed by atoms with van der Waals surface area (Å²) in [5, 5.41) is 2.86. The molecule has 0 saturated carbocycles. The number of hydrogen-bond acceptors (Lipinski definition) is 3. The van der Waals surface area contributed by atoms with Crippen LogP contribution < -0.4 is 15.0 Å². The van der Waals surface area contributed by atoms with Crippen LogP contribution in [0, 0.1) is 6.92 Å². The van der Waals surface area contributed by atoms with Crippen LogP contribution in [-0.2, 0) is 11.3 Å². The molecule has 1 amide bonds. The van der Waals surface area contributed by atoms with Gasteiger partial charge in [0.05, 0.1) is 18.2 Å². The van der Waals surface area contributed by atoms with E-state index >= 15 is 0 Å². The van der Waals surface area contributed by atoms with Crippen LogP contribution in [0.3, 0.4) is 0 Å². The largest absolute Gasteiger partial charge is 0.489 e. The third-order valence-corrected chi connectivity index (χ3v) is 4.36. The maximum atomic E-state index is 12.2. The van der Waals surface area contributed by atoms with Crippen molar-refractivity contribution in [2.24, 2.45) is 0 Å². The molecule has 1 N–H and O–H groups in total. The van der Waals surface area contributed by atoms with Gasteiger partial charge in [0.15, 0.2) is 0 Å². The number of aryl methyl sites for hydroxylation is 1. The first-order valence-corrected chi connectivity index (χ1v) is 8.59. The lowest BCUT2D eigenvalue weighted by molar-refractivity contribution is -0.121.